The van der Waals surface area contributed by atoms with E-state index >= 15 is 0 Å². The number of aromatic amines is 1. The Balaban J connectivity index is 1.67. The second kappa shape index (κ2) is 7.14. The molecule has 0 bridgehead atoms. The van der Waals surface area contributed by atoms with E-state index in [2.05, 4.69) is 11.9 Å². The molecule has 1 saturated heterocycles. The third kappa shape index (κ3) is 3.59. The number of rotatable bonds is 4. The van der Waals surface area contributed by atoms with E-state index in [1.165, 1.54) is 24.3 Å². The maximum absolute atomic E-state index is 13.8. The Hall–Kier alpha value is -2.69. The molecule has 1 unspecified atom stereocenters. The number of benzene rings is 2. The summed E-state index contributed by atoms with van der Waals surface area (Å²) in [4.78, 5) is 17.8. The van der Waals surface area contributed by atoms with Gasteiger partial charge >= 0.3 is 0 Å². The Morgan fingerprint density at radius 1 is 1.15 bits per heavy atom. The van der Waals surface area contributed by atoms with Crippen molar-refractivity contribution in [1.82, 2.24) is 9.88 Å². The molecule has 0 radical (unpaired) electrons. The Morgan fingerprint density at radius 3 is 2.59 bits per heavy atom. The van der Waals surface area contributed by atoms with Crippen LogP contribution in [0.3, 0.4) is 0 Å². The zero-order valence-corrected chi connectivity index (χ0v) is 15.3. The van der Waals surface area contributed by atoms with Crippen LogP contribution < -0.4 is 0 Å². The van der Waals surface area contributed by atoms with Crippen molar-refractivity contribution in [2.24, 2.45) is 5.92 Å². The highest BCUT2D eigenvalue weighted by Gasteiger charge is 2.23. The van der Waals surface area contributed by atoms with Crippen LogP contribution in [0.1, 0.15) is 25.3 Å². The van der Waals surface area contributed by atoms with E-state index in [1.54, 1.807) is 18.2 Å². The molecule has 0 spiro atoms. The Labute approximate surface area is 157 Å². The van der Waals surface area contributed by atoms with Gasteiger partial charge in [-0.25, -0.2) is 8.78 Å². The lowest BCUT2D eigenvalue weighted by Gasteiger charge is -2.16. The summed E-state index contributed by atoms with van der Waals surface area (Å²) in [6.07, 6.45) is 1.94. The molecular formula is C22H22F2N2O. The molecule has 3 nitrogen and oxygen atoms in total. The first-order valence-electron chi connectivity index (χ1n) is 9.35. The lowest BCUT2D eigenvalue weighted by Crippen LogP contribution is -2.28. The molecule has 4 rings (SSSR count). The molecule has 3 aromatic rings. The normalized spacial score (nSPS) is 17.0. The molecule has 1 aliphatic rings. The molecule has 140 valence electrons. The van der Waals surface area contributed by atoms with Gasteiger partial charge in [-0.1, -0.05) is 6.92 Å². The highest BCUT2D eigenvalue weighted by molar-refractivity contribution is 5.91. The van der Waals surface area contributed by atoms with Crippen LogP contribution >= 0.6 is 0 Å². The molecule has 1 aromatic heterocycles. The van der Waals surface area contributed by atoms with Crippen LogP contribution in [0.15, 0.2) is 42.5 Å². The number of nitrogens with one attached hydrogen (secondary N) is 1. The van der Waals surface area contributed by atoms with E-state index in [-0.39, 0.29) is 17.5 Å². The average Bonchev–Trinajstić information content (AvgIpc) is 3.24. The number of H-pyrrole nitrogens is 1. The molecule has 27 heavy (non-hydrogen) atoms. The standard InChI is InChI=1S/C22H22F2N2O/c1-14-10-11-26(13-14)21(27)9-7-18-19-12-17(24)6-8-20(19)25-22(18)15-2-4-16(23)5-3-15/h2-6,8,12,14,25H,7,9-11,13H2,1H3. The number of carbonyl (C=O) groups excluding carboxylic acids is 1. The lowest BCUT2D eigenvalue weighted by atomic mass is 10.0. The summed E-state index contributed by atoms with van der Waals surface area (Å²) in [6.45, 7) is 3.78. The number of hydrogen-bond donors (Lipinski definition) is 1. The topological polar surface area (TPSA) is 36.1 Å². The van der Waals surface area contributed by atoms with Gasteiger partial charge in [0.05, 0.1) is 0 Å². The Bertz CT molecular complexity index is 978. The molecule has 1 amide bonds. The van der Waals surface area contributed by atoms with Gasteiger partial charge in [-0.15, -0.1) is 0 Å². The highest BCUT2D eigenvalue weighted by Crippen LogP contribution is 2.32. The predicted molar refractivity (Wildman–Crippen MR) is 102 cm³/mol. The first kappa shape index (κ1) is 17.7. The van der Waals surface area contributed by atoms with Crippen LogP contribution in [-0.4, -0.2) is 28.9 Å². The number of hydrogen-bond acceptors (Lipinski definition) is 1. The summed E-state index contributed by atoms with van der Waals surface area (Å²) < 4.78 is 27.1. The molecule has 0 saturated carbocycles. The van der Waals surface area contributed by atoms with Crippen LogP contribution in [0, 0.1) is 17.6 Å². The van der Waals surface area contributed by atoms with Crippen molar-refractivity contribution in [3.8, 4) is 11.3 Å². The summed E-state index contributed by atoms with van der Waals surface area (Å²) in [5.41, 5.74) is 3.35. The van der Waals surface area contributed by atoms with Gasteiger partial charge in [0.25, 0.3) is 0 Å². The molecule has 1 atom stereocenters. The van der Waals surface area contributed by atoms with Crippen molar-refractivity contribution >= 4 is 16.8 Å². The first-order valence-corrected chi connectivity index (χ1v) is 9.35. The zero-order chi connectivity index (χ0) is 19.0. The van der Waals surface area contributed by atoms with E-state index < -0.39 is 0 Å². The minimum absolute atomic E-state index is 0.134. The molecule has 1 N–H and O–H groups in total. The van der Waals surface area contributed by atoms with E-state index in [1.807, 2.05) is 4.90 Å². The number of nitrogens with zero attached hydrogens (tertiary/aromatic N) is 1. The fourth-order valence-electron chi connectivity index (χ4n) is 3.89. The van der Waals surface area contributed by atoms with Gasteiger partial charge in [-0.05, 0) is 72.4 Å². The van der Waals surface area contributed by atoms with Gasteiger partial charge in [0.15, 0.2) is 0 Å². The maximum Gasteiger partial charge on any atom is 0.222 e. The summed E-state index contributed by atoms with van der Waals surface area (Å²) in [6, 6.07) is 10.8. The van der Waals surface area contributed by atoms with Gasteiger partial charge in [0, 0.05) is 36.1 Å². The van der Waals surface area contributed by atoms with Crippen LogP contribution in [0.25, 0.3) is 22.2 Å². The number of likely N-dealkylation sites (tertiary alicyclic amines) is 1. The zero-order valence-electron chi connectivity index (χ0n) is 15.3. The number of halogens is 2. The second-order valence-electron chi connectivity index (χ2n) is 7.41. The van der Waals surface area contributed by atoms with Crippen molar-refractivity contribution in [3.05, 3.63) is 59.7 Å². The largest absolute Gasteiger partial charge is 0.354 e. The van der Waals surface area contributed by atoms with Crippen LogP contribution in [0.4, 0.5) is 8.78 Å². The molecule has 2 aromatic carbocycles. The Morgan fingerprint density at radius 2 is 1.89 bits per heavy atom. The average molecular weight is 368 g/mol. The van der Waals surface area contributed by atoms with E-state index in [4.69, 9.17) is 0 Å². The minimum Gasteiger partial charge on any atom is -0.354 e. The third-order valence-corrected chi connectivity index (χ3v) is 5.37. The fourth-order valence-corrected chi connectivity index (χ4v) is 3.89. The number of fused-ring (bicyclic) bond motifs is 1. The van der Waals surface area contributed by atoms with Crippen molar-refractivity contribution in [2.45, 2.75) is 26.2 Å². The summed E-state index contributed by atoms with van der Waals surface area (Å²) in [5.74, 6) is 0.0648. The highest BCUT2D eigenvalue weighted by atomic mass is 19.1. The minimum atomic E-state index is -0.312. The van der Waals surface area contributed by atoms with Gasteiger partial charge < -0.3 is 9.88 Å². The summed E-state index contributed by atoms with van der Waals surface area (Å²) >= 11 is 0. The third-order valence-electron chi connectivity index (χ3n) is 5.37. The van der Waals surface area contributed by atoms with Crippen molar-refractivity contribution in [2.75, 3.05) is 13.1 Å². The van der Waals surface area contributed by atoms with E-state index in [9.17, 15) is 13.6 Å². The van der Waals surface area contributed by atoms with Gasteiger partial charge in [0.1, 0.15) is 11.6 Å². The van der Waals surface area contributed by atoms with Crippen LogP contribution in [-0.2, 0) is 11.2 Å². The van der Waals surface area contributed by atoms with Crippen molar-refractivity contribution < 1.29 is 13.6 Å². The van der Waals surface area contributed by atoms with Crippen molar-refractivity contribution in [1.29, 1.82) is 0 Å². The van der Waals surface area contributed by atoms with E-state index in [0.717, 1.165) is 47.2 Å². The number of aryl methyl sites for hydroxylation is 1. The van der Waals surface area contributed by atoms with Crippen molar-refractivity contribution in [3.63, 3.8) is 0 Å². The molecular weight excluding hydrogens is 346 g/mol. The first-order chi connectivity index (χ1) is 13.0. The van der Waals surface area contributed by atoms with Gasteiger partial charge in [-0.2, -0.15) is 0 Å². The smallest absolute Gasteiger partial charge is 0.222 e. The lowest BCUT2D eigenvalue weighted by molar-refractivity contribution is -0.130. The predicted octanol–water partition coefficient (Wildman–Crippen LogP) is 4.91. The number of amides is 1. The van der Waals surface area contributed by atoms with Crippen LogP contribution in [0.2, 0.25) is 0 Å². The number of carbonyl (C=O) groups is 1. The molecule has 1 aliphatic heterocycles. The molecule has 1 fully saturated rings. The SMILES string of the molecule is CC1CCN(C(=O)CCc2c(-c3ccc(F)cc3)[nH]c3ccc(F)cc23)C1. The molecule has 2 heterocycles. The molecule has 0 aliphatic carbocycles. The molecule has 5 heteroatoms. The van der Waals surface area contributed by atoms with Gasteiger partial charge in [-0.3, -0.25) is 4.79 Å². The van der Waals surface area contributed by atoms with E-state index in [0.29, 0.717) is 18.8 Å². The van der Waals surface area contributed by atoms with Gasteiger partial charge in [0.2, 0.25) is 5.91 Å². The van der Waals surface area contributed by atoms with Crippen LogP contribution in [0.5, 0.6) is 0 Å². The summed E-state index contributed by atoms with van der Waals surface area (Å²) in [5, 5.41) is 0.775. The Kier molecular flexibility index (Phi) is 4.68. The monoisotopic (exact) mass is 368 g/mol. The maximum atomic E-state index is 13.8. The number of aromatic nitrogens is 1. The quantitative estimate of drug-likeness (QED) is 0.698. The second-order valence-corrected chi connectivity index (χ2v) is 7.41. The fraction of sp³-hybridized carbons (Fsp3) is 0.318. The summed E-state index contributed by atoms with van der Waals surface area (Å²) in [7, 11) is 0.